The lowest BCUT2D eigenvalue weighted by atomic mass is 10.1. The Hall–Kier alpha value is -0.310. The highest BCUT2D eigenvalue weighted by molar-refractivity contribution is 7.80. The summed E-state index contributed by atoms with van der Waals surface area (Å²) in [5, 5.41) is 4.40. The van der Waals surface area contributed by atoms with E-state index in [4.69, 9.17) is 12.2 Å². The summed E-state index contributed by atoms with van der Waals surface area (Å²) >= 11 is 5.49. The molecule has 1 aliphatic carbocycles. The van der Waals surface area contributed by atoms with Crippen LogP contribution in [-0.4, -0.2) is 28.1 Å². The summed E-state index contributed by atoms with van der Waals surface area (Å²) in [5.74, 6) is 0. The van der Waals surface area contributed by atoms with Crippen LogP contribution in [0.2, 0.25) is 0 Å². The molecule has 88 valence electrons. The van der Waals surface area contributed by atoms with Crippen molar-refractivity contribution in [3.8, 4) is 0 Å². The molecule has 0 aromatic carbocycles. The third-order valence-corrected chi connectivity index (χ3v) is 3.60. The van der Waals surface area contributed by atoms with E-state index in [-0.39, 0.29) is 0 Å². The number of nitrogens with zero attached hydrogens (tertiary/aromatic N) is 1. The quantitative estimate of drug-likeness (QED) is 0.728. The summed E-state index contributed by atoms with van der Waals surface area (Å²) in [6.07, 6.45) is 4.87. The van der Waals surface area contributed by atoms with E-state index >= 15 is 0 Å². The molecule has 2 unspecified atom stereocenters. The molecule has 0 saturated heterocycles. The molecule has 0 heterocycles. The predicted octanol–water partition coefficient (Wildman–Crippen LogP) is 2.92. The zero-order chi connectivity index (χ0) is 11.4. The van der Waals surface area contributed by atoms with Crippen LogP contribution in [0.3, 0.4) is 0 Å². The molecule has 0 spiro atoms. The van der Waals surface area contributed by atoms with Crippen molar-refractivity contribution in [1.29, 1.82) is 0 Å². The van der Waals surface area contributed by atoms with E-state index in [0.29, 0.717) is 18.1 Å². The van der Waals surface area contributed by atoms with Crippen LogP contribution in [-0.2, 0) is 0 Å². The SMILES string of the molecule is CCC(C)N(C(=S)NC1CC1)C(C)CC. The molecule has 1 saturated carbocycles. The normalized spacial score (nSPS) is 19.5. The molecule has 1 N–H and O–H groups in total. The van der Waals surface area contributed by atoms with Crippen molar-refractivity contribution in [3.63, 3.8) is 0 Å². The maximum absolute atomic E-state index is 5.49. The number of hydrogen-bond acceptors (Lipinski definition) is 1. The van der Waals surface area contributed by atoms with Crippen molar-refractivity contribution in [1.82, 2.24) is 10.2 Å². The molecule has 0 bridgehead atoms. The van der Waals surface area contributed by atoms with Crippen LogP contribution in [0.5, 0.6) is 0 Å². The van der Waals surface area contributed by atoms with Gasteiger partial charge in [0.1, 0.15) is 0 Å². The fraction of sp³-hybridized carbons (Fsp3) is 0.917. The first-order valence-corrected chi connectivity index (χ1v) is 6.59. The zero-order valence-corrected chi connectivity index (χ0v) is 11.2. The molecule has 0 radical (unpaired) electrons. The average Bonchev–Trinajstić information content (AvgIpc) is 3.01. The van der Waals surface area contributed by atoms with E-state index in [1.807, 2.05) is 0 Å². The van der Waals surface area contributed by atoms with E-state index in [1.54, 1.807) is 0 Å². The molecule has 0 aromatic rings. The van der Waals surface area contributed by atoms with Crippen LogP contribution in [0.25, 0.3) is 0 Å². The predicted molar refractivity (Wildman–Crippen MR) is 70.1 cm³/mol. The molecule has 3 heteroatoms. The molecule has 0 amide bonds. The van der Waals surface area contributed by atoms with Gasteiger partial charge in [-0.2, -0.15) is 0 Å². The smallest absolute Gasteiger partial charge is 0.169 e. The third-order valence-electron chi connectivity index (χ3n) is 3.27. The largest absolute Gasteiger partial charge is 0.360 e. The Balaban J connectivity index is 2.56. The molecule has 0 aliphatic heterocycles. The first-order chi connectivity index (χ1) is 7.10. The Kier molecular flexibility index (Phi) is 4.84. The highest BCUT2D eigenvalue weighted by Gasteiger charge is 2.27. The molecule has 15 heavy (non-hydrogen) atoms. The monoisotopic (exact) mass is 228 g/mol. The van der Waals surface area contributed by atoms with Gasteiger partial charge in [-0.3, -0.25) is 0 Å². The van der Waals surface area contributed by atoms with Crippen LogP contribution in [0.1, 0.15) is 53.4 Å². The molecular formula is C12H24N2S. The van der Waals surface area contributed by atoms with Gasteiger partial charge in [0.15, 0.2) is 5.11 Å². The number of nitrogens with one attached hydrogen (secondary N) is 1. The Morgan fingerprint density at radius 1 is 1.27 bits per heavy atom. The van der Waals surface area contributed by atoms with Crippen molar-refractivity contribution in [2.24, 2.45) is 0 Å². The Bertz CT molecular complexity index is 204. The third kappa shape index (κ3) is 3.63. The highest BCUT2D eigenvalue weighted by atomic mass is 32.1. The molecule has 1 aliphatic rings. The van der Waals surface area contributed by atoms with E-state index < -0.39 is 0 Å². The van der Waals surface area contributed by atoms with Gasteiger partial charge in [-0.1, -0.05) is 13.8 Å². The molecule has 1 fully saturated rings. The van der Waals surface area contributed by atoms with Crippen molar-refractivity contribution in [2.45, 2.75) is 71.5 Å². The summed E-state index contributed by atoms with van der Waals surface area (Å²) in [4.78, 5) is 2.37. The minimum absolute atomic E-state index is 0.540. The maximum atomic E-state index is 5.49. The Morgan fingerprint density at radius 3 is 2.07 bits per heavy atom. The van der Waals surface area contributed by atoms with Crippen LogP contribution in [0.15, 0.2) is 0 Å². The molecule has 1 rings (SSSR count). The molecule has 2 nitrogen and oxygen atoms in total. The summed E-state index contributed by atoms with van der Waals surface area (Å²) in [6.45, 7) is 8.96. The second kappa shape index (κ2) is 5.69. The number of rotatable bonds is 5. The van der Waals surface area contributed by atoms with Gasteiger partial charge >= 0.3 is 0 Å². The lowest BCUT2D eigenvalue weighted by Gasteiger charge is -2.36. The molecule has 2 atom stereocenters. The van der Waals surface area contributed by atoms with Gasteiger partial charge in [0, 0.05) is 18.1 Å². The molecular weight excluding hydrogens is 204 g/mol. The van der Waals surface area contributed by atoms with E-state index in [1.165, 1.54) is 12.8 Å². The first-order valence-electron chi connectivity index (χ1n) is 6.18. The number of hydrogen-bond donors (Lipinski definition) is 1. The Morgan fingerprint density at radius 2 is 1.73 bits per heavy atom. The van der Waals surface area contributed by atoms with Crippen molar-refractivity contribution < 1.29 is 0 Å². The summed E-state index contributed by atoms with van der Waals surface area (Å²) in [5.41, 5.74) is 0. The lowest BCUT2D eigenvalue weighted by molar-refractivity contribution is 0.247. The second-order valence-corrected chi connectivity index (χ2v) is 5.03. The fourth-order valence-corrected chi connectivity index (χ4v) is 2.23. The minimum atomic E-state index is 0.540. The van der Waals surface area contributed by atoms with Gasteiger partial charge in [0.25, 0.3) is 0 Å². The second-order valence-electron chi connectivity index (χ2n) is 4.65. The van der Waals surface area contributed by atoms with Crippen molar-refractivity contribution in [3.05, 3.63) is 0 Å². The summed E-state index contributed by atoms with van der Waals surface area (Å²) in [7, 11) is 0. The lowest BCUT2D eigenvalue weighted by Crippen LogP contribution is -2.49. The summed E-state index contributed by atoms with van der Waals surface area (Å²) < 4.78 is 0. The Labute approximate surface area is 99.4 Å². The summed E-state index contributed by atoms with van der Waals surface area (Å²) in [6, 6.07) is 1.74. The van der Waals surface area contributed by atoms with E-state index in [9.17, 15) is 0 Å². The van der Waals surface area contributed by atoms with E-state index in [2.05, 4.69) is 37.9 Å². The van der Waals surface area contributed by atoms with Gasteiger partial charge in [0.05, 0.1) is 0 Å². The number of thiocarbonyl (C=S) groups is 1. The van der Waals surface area contributed by atoms with Crippen LogP contribution in [0, 0.1) is 0 Å². The fourth-order valence-electron chi connectivity index (χ4n) is 1.70. The minimum Gasteiger partial charge on any atom is -0.360 e. The van der Waals surface area contributed by atoms with Crippen molar-refractivity contribution in [2.75, 3.05) is 0 Å². The van der Waals surface area contributed by atoms with Gasteiger partial charge < -0.3 is 10.2 Å². The van der Waals surface area contributed by atoms with Crippen LogP contribution < -0.4 is 5.32 Å². The van der Waals surface area contributed by atoms with Crippen LogP contribution in [0.4, 0.5) is 0 Å². The average molecular weight is 228 g/mol. The van der Waals surface area contributed by atoms with Gasteiger partial charge in [-0.15, -0.1) is 0 Å². The molecule has 0 aromatic heterocycles. The van der Waals surface area contributed by atoms with Gasteiger partial charge in [-0.05, 0) is 51.7 Å². The topological polar surface area (TPSA) is 15.3 Å². The maximum Gasteiger partial charge on any atom is 0.169 e. The van der Waals surface area contributed by atoms with Crippen LogP contribution >= 0.6 is 12.2 Å². The zero-order valence-electron chi connectivity index (χ0n) is 10.4. The standard InChI is InChI=1S/C12H24N2S/c1-5-9(3)14(10(4)6-2)12(15)13-11-7-8-11/h9-11H,5-8H2,1-4H3,(H,13,15). The van der Waals surface area contributed by atoms with E-state index in [0.717, 1.165) is 18.0 Å². The van der Waals surface area contributed by atoms with Gasteiger partial charge in [0.2, 0.25) is 0 Å². The highest BCUT2D eigenvalue weighted by Crippen LogP contribution is 2.20. The van der Waals surface area contributed by atoms with Gasteiger partial charge in [-0.25, -0.2) is 0 Å². The van der Waals surface area contributed by atoms with Crippen molar-refractivity contribution >= 4 is 17.3 Å². The first kappa shape index (κ1) is 12.8.